The molecule has 65 heavy (non-hydrogen) atoms. The molecule has 0 saturated heterocycles. The molecule has 0 aliphatic heterocycles. The Kier molecular flexibility index (Phi) is 21.1. The standard InChI is InChI=1S/C27H59Si6.C15H23.C13H10Se3.Sn/c1-28(2,3)25(29(4,5)6)22-19-23(26(30(7,8)9)31(10,11)12)21-24(20-22)27(32(13,14)15)33(16,17)18;1-10(2)13-7-14(11(3)4)9-15(8-13)12(5)6;14-13(16-15,11-7-3-1-4-8-11)12-9-5-2-6-10-12;/h19-20,25-27H,1-18H3;7-8,10-12H,1-6H3;1-10H;. The average Bonchev–Trinajstić information content (AvgIpc) is 3.13. The Bertz CT molecular complexity index is 1980. The molecule has 0 amide bonds. The van der Waals surface area contributed by atoms with E-state index in [-0.39, 0.29) is 3.21 Å². The fraction of sp³-hybridized carbons (Fsp3) is 0.564. The Morgan fingerprint density at radius 2 is 0.677 bits per heavy atom. The summed E-state index contributed by atoms with van der Waals surface area (Å²) in [5.74, 6) is 1.67. The van der Waals surface area contributed by atoms with Crippen LogP contribution >= 0.6 is 0 Å². The van der Waals surface area contributed by atoms with Gasteiger partial charge in [0.25, 0.3) is 0 Å². The normalized spacial score (nSPS) is 13.7. The summed E-state index contributed by atoms with van der Waals surface area (Å²) in [6, 6.07) is 32.4. The topological polar surface area (TPSA) is 0 Å². The molecule has 0 nitrogen and oxygen atoms in total. The van der Waals surface area contributed by atoms with Crippen LogP contribution < -0.4 is 7.16 Å². The first-order valence-electron chi connectivity index (χ1n) is 24.6. The maximum absolute atomic E-state index is 3.37. The predicted octanol–water partition coefficient (Wildman–Crippen LogP) is 15.1. The number of benzene rings is 4. The average molecular weight is 1280 g/mol. The number of rotatable bonds is 17. The summed E-state index contributed by atoms with van der Waals surface area (Å²) in [4.78, 5) is 0. The molecule has 10 heteroatoms. The Morgan fingerprint density at radius 3 is 0.923 bits per heavy atom. The molecule has 0 unspecified atom stereocenters. The molecule has 0 fully saturated rings. The van der Waals surface area contributed by atoms with Gasteiger partial charge in [0.05, 0.1) is 0 Å². The van der Waals surface area contributed by atoms with Crippen molar-refractivity contribution in [3.63, 3.8) is 0 Å². The molecule has 0 heterocycles. The van der Waals surface area contributed by atoms with E-state index in [1.165, 1.54) is 11.1 Å². The van der Waals surface area contributed by atoms with Crippen molar-refractivity contribution >= 4 is 120 Å². The van der Waals surface area contributed by atoms with E-state index in [4.69, 9.17) is 0 Å². The molecule has 4 aromatic rings. The van der Waals surface area contributed by atoms with Crippen LogP contribution in [0, 0.1) is 0 Å². The van der Waals surface area contributed by atoms with Crippen molar-refractivity contribution in [3.05, 3.63) is 129 Å². The summed E-state index contributed by atoms with van der Waals surface area (Å²) >= 11 is 5.72. The van der Waals surface area contributed by atoms with E-state index in [0.29, 0.717) is 30.9 Å². The fourth-order valence-corrected chi connectivity index (χ4v) is 61.1. The van der Waals surface area contributed by atoms with Crippen molar-refractivity contribution in [1.82, 2.24) is 0 Å². The quantitative estimate of drug-likeness (QED) is 0.0925. The van der Waals surface area contributed by atoms with Gasteiger partial charge in [-0.05, 0) is 0 Å². The molecule has 0 atom stereocenters. The molecule has 0 aliphatic carbocycles. The summed E-state index contributed by atoms with van der Waals surface area (Å²) in [5.41, 5.74) is 13.1. The van der Waals surface area contributed by atoms with E-state index in [0.717, 1.165) is 15.5 Å². The molecule has 4 aromatic carbocycles. The van der Waals surface area contributed by atoms with Crippen LogP contribution in [0.5, 0.6) is 0 Å². The van der Waals surface area contributed by atoms with Crippen LogP contribution in [0.1, 0.15) is 119 Å². The van der Waals surface area contributed by atoms with E-state index < -0.39 is 69.6 Å². The van der Waals surface area contributed by atoms with Gasteiger partial charge in [-0.2, -0.15) is 0 Å². The minimum atomic E-state index is -1.57. The molecular weight excluding hydrogens is 1180 g/mol. The van der Waals surface area contributed by atoms with Crippen LogP contribution in [0.4, 0.5) is 0 Å². The van der Waals surface area contributed by atoms with Crippen molar-refractivity contribution in [2.75, 3.05) is 0 Å². The SMILES string of the molecule is CC(C)c1cc(C(C)C)[c]([Sn][c]2c(C([Si](C)(C)C)[Si](C)(C)C)cc(C([Si](C)(C)C)[Si](C)(C)C)cc2C([Si](C)(C)C)[Si](C)(C)C)c(C(C)C)c1.[Se][Se]C([Se])(c1ccccc1)c1ccccc1. The van der Waals surface area contributed by atoms with Gasteiger partial charge in [0.2, 0.25) is 0 Å². The second kappa shape index (κ2) is 23.0. The maximum atomic E-state index is 3.37. The van der Waals surface area contributed by atoms with Crippen LogP contribution in [0.25, 0.3) is 0 Å². The minimum absolute atomic E-state index is 0.00944. The first kappa shape index (κ1) is 59.8. The second-order valence-corrected chi connectivity index (χ2v) is 69.9. The van der Waals surface area contributed by atoms with E-state index in [2.05, 4.69) is 275 Å². The monoisotopic (exact) mass is 1280 g/mol. The van der Waals surface area contributed by atoms with Crippen LogP contribution in [0.2, 0.25) is 118 Å². The van der Waals surface area contributed by atoms with Gasteiger partial charge in [-0.1, -0.05) is 0 Å². The van der Waals surface area contributed by atoms with E-state index in [1.54, 1.807) is 22.3 Å². The Balaban J connectivity index is 0.000000582. The van der Waals surface area contributed by atoms with Crippen LogP contribution in [0.3, 0.4) is 0 Å². The van der Waals surface area contributed by atoms with Gasteiger partial charge < -0.3 is 0 Å². The molecule has 0 saturated carbocycles. The zero-order valence-corrected chi connectivity index (χ0v) is 59.8. The fourth-order valence-electron chi connectivity index (χ4n) is 12.0. The first-order chi connectivity index (χ1) is 29.4. The predicted molar refractivity (Wildman–Crippen MR) is 319 cm³/mol. The van der Waals surface area contributed by atoms with Crippen molar-refractivity contribution in [1.29, 1.82) is 0 Å². The molecule has 0 aromatic heterocycles. The number of hydrogen-bond donors (Lipinski definition) is 0. The third kappa shape index (κ3) is 15.5. The number of hydrogen-bond acceptors (Lipinski definition) is 0. The summed E-state index contributed by atoms with van der Waals surface area (Å²) in [5, 5.41) is 2.30. The summed E-state index contributed by atoms with van der Waals surface area (Å²) in [6.45, 7) is 63.4. The van der Waals surface area contributed by atoms with Crippen molar-refractivity contribution in [3.8, 4) is 0 Å². The molecule has 4 rings (SSSR count). The van der Waals surface area contributed by atoms with Crippen LogP contribution in [-0.2, 0) is 3.21 Å². The molecule has 4 radical (unpaired) electrons. The van der Waals surface area contributed by atoms with Gasteiger partial charge in [0.15, 0.2) is 0 Å². The van der Waals surface area contributed by atoms with Crippen LogP contribution in [-0.4, -0.2) is 113 Å². The van der Waals surface area contributed by atoms with Gasteiger partial charge in [0.1, 0.15) is 0 Å². The van der Waals surface area contributed by atoms with E-state index in [9.17, 15) is 0 Å². The third-order valence-electron chi connectivity index (χ3n) is 13.2. The summed E-state index contributed by atoms with van der Waals surface area (Å²) in [6.07, 6.45) is 0. The summed E-state index contributed by atoms with van der Waals surface area (Å²) in [7, 11) is -9.28. The molecule has 0 N–H and O–H groups in total. The van der Waals surface area contributed by atoms with Gasteiger partial charge >= 0.3 is 445 Å². The van der Waals surface area contributed by atoms with Crippen molar-refractivity contribution in [2.45, 2.75) is 196 Å². The van der Waals surface area contributed by atoms with Crippen LogP contribution in [0.15, 0.2) is 84.9 Å². The zero-order chi connectivity index (χ0) is 50.1. The Labute approximate surface area is 440 Å². The van der Waals surface area contributed by atoms with Gasteiger partial charge in [0, 0.05) is 0 Å². The Morgan fingerprint density at radius 1 is 0.400 bits per heavy atom. The molecular formula is C55H92Se3Si6Sn. The van der Waals surface area contributed by atoms with E-state index >= 15 is 0 Å². The third-order valence-corrected chi connectivity index (χ3v) is 54.7. The molecule has 0 spiro atoms. The molecule has 0 aliphatic rings. The van der Waals surface area contributed by atoms with Gasteiger partial charge in [-0.15, -0.1) is 0 Å². The van der Waals surface area contributed by atoms with E-state index in [1.807, 2.05) is 18.3 Å². The Hall–Kier alpha value is 0.538. The molecule has 0 bridgehead atoms. The first-order valence-corrected chi connectivity index (χ1v) is 55.0. The van der Waals surface area contributed by atoms with Gasteiger partial charge in [-0.3, -0.25) is 0 Å². The second-order valence-electron chi connectivity index (χ2n) is 26.7. The van der Waals surface area contributed by atoms with Crippen molar-refractivity contribution < 1.29 is 0 Å². The van der Waals surface area contributed by atoms with Crippen molar-refractivity contribution in [2.24, 2.45) is 0 Å². The van der Waals surface area contributed by atoms with Gasteiger partial charge in [-0.25, -0.2) is 0 Å². The summed E-state index contributed by atoms with van der Waals surface area (Å²) < 4.78 is 3.79. The molecule has 358 valence electrons. The zero-order valence-electron chi connectivity index (χ0n) is 45.8.